The normalized spacial score (nSPS) is 20.2. The predicted molar refractivity (Wildman–Crippen MR) is 48.2 cm³/mol. The van der Waals surface area contributed by atoms with Crippen LogP contribution in [0.15, 0.2) is 12.4 Å². The van der Waals surface area contributed by atoms with Gasteiger partial charge in [0.15, 0.2) is 0 Å². The number of nitrogens with zero attached hydrogens (tertiary/aromatic N) is 2. The van der Waals surface area contributed by atoms with Crippen molar-refractivity contribution in [3.05, 3.63) is 18.0 Å². The van der Waals surface area contributed by atoms with Crippen molar-refractivity contribution in [3.8, 4) is 0 Å². The highest BCUT2D eigenvalue weighted by Gasteiger charge is 2.33. The van der Waals surface area contributed by atoms with Gasteiger partial charge in [-0.3, -0.25) is 4.79 Å². The second-order valence-corrected chi connectivity index (χ2v) is 3.57. The number of amides is 1. The summed E-state index contributed by atoms with van der Waals surface area (Å²) >= 11 is 0. The van der Waals surface area contributed by atoms with E-state index < -0.39 is 0 Å². The second-order valence-electron chi connectivity index (χ2n) is 3.57. The van der Waals surface area contributed by atoms with Gasteiger partial charge in [-0.05, 0) is 5.92 Å². The lowest BCUT2D eigenvalue weighted by molar-refractivity contribution is -0.117. The Labute approximate surface area is 76.4 Å². The van der Waals surface area contributed by atoms with Gasteiger partial charge in [0.1, 0.15) is 0 Å². The minimum atomic E-state index is -0.0644. The van der Waals surface area contributed by atoms with Crippen LogP contribution in [0.4, 0.5) is 5.69 Å². The molecule has 68 valence electrons. The van der Waals surface area contributed by atoms with Crippen molar-refractivity contribution < 1.29 is 4.79 Å². The van der Waals surface area contributed by atoms with Crippen molar-refractivity contribution in [2.45, 2.75) is 19.8 Å². The van der Waals surface area contributed by atoms with Gasteiger partial charge < -0.3 is 5.32 Å². The van der Waals surface area contributed by atoms with Gasteiger partial charge in [0.2, 0.25) is 5.91 Å². The van der Waals surface area contributed by atoms with E-state index in [4.69, 9.17) is 0 Å². The molecule has 0 aromatic carbocycles. The summed E-state index contributed by atoms with van der Waals surface area (Å²) in [6, 6.07) is 0. The van der Waals surface area contributed by atoms with Gasteiger partial charge in [-0.15, -0.1) is 0 Å². The molecule has 0 saturated heterocycles. The molecular formula is C9H11N3O. The van der Waals surface area contributed by atoms with Crippen molar-refractivity contribution in [2.75, 3.05) is 5.32 Å². The van der Waals surface area contributed by atoms with E-state index in [1.54, 1.807) is 12.4 Å². The van der Waals surface area contributed by atoms with Crippen LogP contribution in [-0.2, 0) is 4.79 Å². The first-order chi connectivity index (χ1) is 6.20. The van der Waals surface area contributed by atoms with Crippen LogP contribution < -0.4 is 5.32 Å². The molecule has 0 fully saturated rings. The largest absolute Gasteiger partial charge is 0.324 e. The Bertz CT molecular complexity index is 348. The molecule has 2 heterocycles. The molecule has 0 aliphatic carbocycles. The molecule has 1 amide bonds. The van der Waals surface area contributed by atoms with Crippen LogP contribution in [0.1, 0.15) is 25.3 Å². The number of fused-ring (bicyclic) bond motifs is 1. The van der Waals surface area contributed by atoms with Crippen LogP contribution in [0.5, 0.6) is 0 Å². The highest BCUT2D eigenvalue weighted by Crippen LogP contribution is 2.35. The smallest absolute Gasteiger partial charge is 0.232 e. The third-order valence-corrected chi connectivity index (χ3v) is 2.30. The zero-order valence-corrected chi connectivity index (χ0v) is 7.61. The molecule has 0 bridgehead atoms. The number of hydrogen-bond donors (Lipinski definition) is 1. The predicted octanol–water partition coefficient (Wildman–Crippen LogP) is 1.17. The minimum absolute atomic E-state index is 0.0554. The summed E-state index contributed by atoms with van der Waals surface area (Å²) in [5.41, 5.74) is 1.77. The first-order valence-electron chi connectivity index (χ1n) is 4.31. The van der Waals surface area contributed by atoms with Crippen LogP contribution in [0, 0.1) is 5.92 Å². The molecule has 0 saturated carbocycles. The average Bonchev–Trinajstić information content (AvgIpc) is 2.39. The molecule has 1 aromatic rings. The molecule has 0 radical (unpaired) electrons. The monoisotopic (exact) mass is 177 g/mol. The van der Waals surface area contributed by atoms with E-state index in [0.717, 1.165) is 11.3 Å². The van der Waals surface area contributed by atoms with Gasteiger partial charge in [0, 0.05) is 5.56 Å². The molecule has 4 nitrogen and oxygen atoms in total. The molecule has 1 unspecified atom stereocenters. The van der Waals surface area contributed by atoms with Crippen molar-refractivity contribution in [3.63, 3.8) is 0 Å². The minimum Gasteiger partial charge on any atom is -0.324 e. The Morgan fingerprint density at radius 1 is 1.38 bits per heavy atom. The maximum absolute atomic E-state index is 11.5. The molecule has 4 heteroatoms. The zero-order valence-electron chi connectivity index (χ0n) is 7.61. The van der Waals surface area contributed by atoms with Gasteiger partial charge in [0.05, 0.1) is 24.0 Å². The Balaban J connectivity index is 2.46. The first kappa shape index (κ1) is 8.16. The number of rotatable bonds is 1. The lowest BCUT2D eigenvalue weighted by Crippen LogP contribution is -2.16. The fraction of sp³-hybridized carbons (Fsp3) is 0.444. The van der Waals surface area contributed by atoms with E-state index in [9.17, 15) is 4.79 Å². The summed E-state index contributed by atoms with van der Waals surface area (Å²) in [6.45, 7) is 4.06. The van der Waals surface area contributed by atoms with Gasteiger partial charge in [-0.1, -0.05) is 13.8 Å². The third-order valence-electron chi connectivity index (χ3n) is 2.30. The van der Waals surface area contributed by atoms with Gasteiger partial charge in [-0.2, -0.15) is 10.2 Å². The van der Waals surface area contributed by atoms with E-state index in [0.29, 0.717) is 5.92 Å². The van der Waals surface area contributed by atoms with E-state index in [1.807, 2.05) is 13.8 Å². The Hall–Kier alpha value is -1.45. The maximum Gasteiger partial charge on any atom is 0.232 e. The third kappa shape index (κ3) is 1.18. The molecule has 1 atom stereocenters. The van der Waals surface area contributed by atoms with Crippen molar-refractivity contribution in [1.29, 1.82) is 0 Å². The quantitative estimate of drug-likeness (QED) is 0.700. The van der Waals surface area contributed by atoms with Crippen molar-refractivity contribution in [1.82, 2.24) is 10.2 Å². The van der Waals surface area contributed by atoms with E-state index >= 15 is 0 Å². The number of carbonyl (C=O) groups excluding carboxylic acids is 1. The molecule has 13 heavy (non-hydrogen) atoms. The van der Waals surface area contributed by atoms with Crippen molar-refractivity contribution in [2.24, 2.45) is 5.92 Å². The summed E-state index contributed by atoms with van der Waals surface area (Å²) in [7, 11) is 0. The highest BCUT2D eigenvalue weighted by atomic mass is 16.2. The summed E-state index contributed by atoms with van der Waals surface area (Å²) in [5, 5.41) is 10.3. The van der Waals surface area contributed by atoms with Crippen LogP contribution in [0.25, 0.3) is 0 Å². The van der Waals surface area contributed by atoms with Gasteiger partial charge in [0.25, 0.3) is 0 Å². The van der Waals surface area contributed by atoms with Crippen molar-refractivity contribution >= 4 is 11.6 Å². The molecule has 2 rings (SSSR count). The summed E-state index contributed by atoms with van der Waals surface area (Å²) < 4.78 is 0. The SMILES string of the molecule is CC(C)C1C(=O)Nc2cnncc21. The molecule has 1 aliphatic rings. The standard InChI is InChI=1S/C9H11N3O/c1-5(2)8-6-3-10-11-4-7(6)12-9(8)13/h3-5,8H,1-2H3,(H,12,13). The molecule has 0 spiro atoms. The lowest BCUT2D eigenvalue weighted by Gasteiger charge is -2.11. The van der Waals surface area contributed by atoms with Crippen LogP contribution >= 0.6 is 0 Å². The van der Waals surface area contributed by atoms with E-state index in [2.05, 4.69) is 15.5 Å². The second kappa shape index (κ2) is 2.80. The number of carbonyl (C=O) groups is 1. The molecule has 1 N–H and O–H groups in total. The summed E-state index contributed by atoms with van der Waals surface area (Å²) in [6.07, 6.45) is 3.26. The number of aromatic nitrogens is 2. The lowest BCUT2D eigenvalue weighted by atomic mass is 9.91. The van der Waals surface area contributed by atoms with Gasteiger partial charge in [-0.25, -0.2) is 0 Å². The highest BCUT2D eigenvalue weighted by molar-refractivity contribution is 6.02. The van der Waals surface area contributed by atoms with Crippen LogP contribution in [0.2, 0.25) is 0 Å². The Morgan fingerprint density at radius 3 is 2.77 bits per heavy atom. The Morgan fingerprint density at radius 2 is 2.08 bits per heavy atom. The fourth-order valence-electron chi connectivity index (χ4n) is 1.70. The molecule has 1 aromatic heterocycles. The fourth-order valence-corrected chi connectivity index (χ4v) is 1.70. The summed E-state index contributed by atoms with van der Waals surface area (Å²) in [4.78, 5) is 11.5. The average molecular weight is 177 g/mol. The molecule has 1 aliphatic heterocycles. The number of anilines is 1. The number of nitrogens with one attached hydrogen (secondary N) is 1. The maximum atomic E-state index is 11.5. The topological polar surface area (TPSA) is 54.9 Å². The van der Waals surface area contributed by atoms with Crippen LogP contribution in [-0.4, -0.2) is 16.1 Å². The van der Waals surface area contributed by atoms with Crippen LogP contribution in [0.3, 0.4) is 0 Å². The molecular weight excluding hydrogens is 166 g/mol. The van der Waals surface area contributed by atoms with E-state index in [-0.39, 0.29) is 11.8 Å². The first-order valence-corrected chi connectivity index (χ1v) is 4.31. The van der Waals surface area contributed by atoms with Gasteiger partial charge >= 0.3 is 0 Å². The Kier molecular flexibility index (Phi) is 1.76. The summed E-state index contributed by atoms with van der Waals surface area (Å²) in [5.74, 6) is 0.288. The van der Waals surface area contributed by atoms with E-state index in [1.165, 1.54) is 0 Å². The zero-order chi connectivity index (χ0) is 9.42. The number of hydrogen-bond acceptors (Lipinski definition) is 3.